The number of nitrogens with zero attached hydrogens (tertiary/aromatic N) is 2. The molecule has 1 atom stereocenters. The average molecular weight is 457 g/mol. The van der Waals surface area contributed by atoms with Crippen molar-refractivity contribution < 1.29 is 4.79 Å². The van der Waals surface area contributed by atoms with E-state index in [4.69, 9.17) is 0 Å². The molecule has 2 aromatic rings. The van der Waals surface area contributed by atoms with Gasteiger partial charge in [0.2, 0.25) is 5.91 Å². The lowest BCUT2D eigenvalue weighted by Gasteiger charge is -2.41. The van der Waals surface area contributed by atoms with Crippen molar-refractivity contribution in [2.45, 2.75) is 70.4 Å². The molecule has 32 heavy (non-hydrogen) atoms. The van der Waals surface area contributed by atoms with Crippen molar-refractivity contribution in [3.05, 3.63) is 71.8 Å². The Morgan fingerprint density at radius 3 is 2.06 bits per heavy atom. The van der Waals surface area contributed by atoms with Crippen LogP contribution in [0.1, 0.15) is 69.0 Å². The summed E-state index contributed by atoms with van der Waals surface area (Å²) in [5.74, 6) is 0.987. The molecule has 0 saturated heterocycles. The van der Waals surface area contributed by atoms with Crippen LogP contribution >= 0.6 is 12.4 Å². The zero-order valence-electron chi connectivity index (χ0n) is 20.1. The maximum atomic E-state index is 12.7. The van der Waals surface area contributed by atoms with Gasteiger partial charge < -0.3 is 9.80 Å². The van der Waals surface area contributed by atoms with E-state index < -0.39 is 0 Å². The number of halogens is 1. The second kappa shape index (κ2) is 13.6. The van der Waals surface area contributed by atoms with Crippen LogP contribution in [0.15, 0.2) is 60.7 Å². The molecule has 0 aliphatic heterocycles. The zero-order valence-corrected chi connectivity index (χ0v) is 20.9. The van der Waals surface area contributed by atoms with Gasteiger partial charge in [-0.05, 0) is 76.1 Å². The van der Waals surface area contributed by atoms with Gasteiger partial charge in [0, 0.05) is 25.0 Å². The molecule has 1 amide bonds. The van der Waals surface area contributed by atoms with Crippen molar-refractivity contribution in [3.63, 3.8) is 0 Å². The summed E-state index contributed by atoms with van der Waals surface area (Å²) in [6, 6.07) is 22.5. The minimum absolute atomic E-state index is 0. The molecule has 176 valence electrons. The van der Waals surface area contributed by atoms with Gasteiger partial charge >= 0.3 is 0 Å². The highest BCUT2D eigenvalue weighted by Crippen LogP contribution is 2.38. The Morgan fingerprint density at radius 1 is 0.906 bits per heavy atom. The van der Waals surface area contributed by atoms with Gasteiger partial charge in [-0.15, -0.1) is 12.4 Å². The Balaban J connectivity index is 0.00000363. The molecule has 3 nitrogen and oxygen atoms in total. The summed E-state index contributed by atoms with van der Waals surface area (Å²) in [6.45, 7) is 2.91. The van der Waals surface area contributed by atoms with Crippen molar-refractivity contribution in [1.82, 2.24) is 9.80 Å². The van der Waals surface area contributed by atoms with Gasteiger partial charge in [-0.2, -0.15) is 0 Å². The summed E-state index contributed by atoms with van der Waals surface area (Å²) in [4.78, 5) is 17.3. The Kier molecular flexibility index (Phi) is 11.3. The van der Waals surface area contributed by atoms with E-state index >= 15 is 0 Å². The molecule has 0 N–H and O–H groups in total. The second-order valence-corrected chi connectivity index (χ2v) is 9.27. The molecular formula is C28H41ClN2O. The topological polar surface area (TPSA) is 23.6 Å². The van der Waals surface area contributed by atoms with Crippen LogP contribution in [0.4, 0.5) is 0 Å². The highest BCUT2D eigenvalue weighted by Gasteiger charge is 2.33. The highest BCUT2D eigenvalue weighted by atomic mass is 35.5. The fourth-order valence-electron chi connectivity index (χ4n) is 5.34. The summed E-state index contributed by atoms with van der Waals surface area (Å²) < 4.78 is 0. The lowest BCUT2D eigenvalue weighted by Crippen LogP contribution is -2.44. The van der Waals surface area contributed by atoms with Crippen LogP contribution in [0.2, 0.25) is 0 Å². The molecule has 0 radical (unpaired) electrons. The second-order valence-electron chi connectivity index (χ2n) is 9.27. The van der Waals surface area contributed by atoms with Crippen molar-refractivity contribution in [1.29, 1.82) is 0 Å². The first-order chi connectivity index (χ1) is 15.1. The molecule has 0 bridgehead atoms. The average Bonchev–Trinajstić information content (AvgIpc) is 2.80. The number of hydrogen-bond acceptors (Lipinski definition) is 2. The molecule has 3 rings (SSSR count). The van der Waals surface area contributed by atoms with Crippen LogP contribution in [0.3, 0.4) is 0 Å². The summed E-state index contributed by atoms with van der Waals surface area (Å²) in [6.07, 6.45) is 8.60. The Morgan fingerprint density at radius 2 is 1.50 bits per heavy atom. The molecule has 0 heterocycles. The number of benzene rings is 2. The molecule has 1 fully saturated rings. The van der Waals surface area contributed by atoms with Gasteiger partial charge in [0.05, 0.1) is 0 Å². The highest BCUT2D eigenvalue weighted by molar-refractivity contribution is 5.85. The minimum Gasteiger partial charge on any atom is -0.340 e. The van der Waals surface area contributed by atoms with Crippen LogP contribution in [-0.4, -0.2) is 42.4 Å². The molecule has 0 aromatic heterocycles. The van der Waals surface area contributed by atoms with Crippen LogP contribution in [0.25, 0.3) is 0 Å². The van der Waals surface area contributed by atoms with Gasteiger partial charge in [0.15, 0.2) is 0 Å². The Hall–Kier alpha value is -1.84. The van der Waals surface area contributed by atoms with Crippen molar-refractivity contribution in [2.75, 3.05) is 20.6 Å². The standard InChI is InChI=1S/C28H40N2O.ClH/c1-4-27(31)30(22-12-11-15-23-13-7-5-8-14-23)26-20-18-25(19-21-26)28(29(2)3)24-16-9-6-10-17-24;/h5-10,13-14,16-17,25-26,28H,4,11-12,15,18-22H2,1-3H3;1H. The van der Waals surface area contributed by atoms with Gasteiger partial charge in [-0.25, -0.2) is 0 Å². The first kappa shape index (κ1) is 26.4. The maximum Gasteiger partial charge on any atom is 0.222 e. The van der Waals surface area contributed by atoms with Crippen LogP contribution in [-0.2, 0) is 11.2 Å². The van der Waals surface area contributed by atoms with Gasteiger partial charge in [-0.3, -0.25) is 4.79 Å². The number of unbranched alkanes of at least 4 members (excludes halogenated alkanes) is 1. The van der Waals surface area contributed by atoms with Crippen molar-refractivity contribution in [2.24, 2.45) is 5.92 Å². The predicted octanol–water partition coefficient (Wildman–Crippen LogP) is 6.53. The summed E-state index contributed by atoms with van der Waals surface area (Å²) in [7, 11) is 4.40. The lowest BCUT2D eigenvalue weighted by atomic mass is 9.78. The number of carbonyl (C=O) groups excluding carboxylic acids is 1. The van der Waals surface area contributed by atoms with Crippen molar-refractivity contribution in [3.8, 4) is 0 Å². The number of aryl methyl sites for hydroxylation is 1. The zero-order chi connectivity index (χ0) is 22.1. The maximum absolute atomic E-state index is 12.7. The van der Waals surface area contributed by atoms with Crippen LogP contribution in [0.5, 0.6) is 0 Å². The third-order valence-corrected chi connectivity index (χ3v) is 6.91. The largest absolute Gasteiger partial charge is 0.340 e. The third kappa shape index (κ3) is 7.35. The van der Waals surface area contributed by atoms with Crippen LogP contribution < -0.4 is 0 Å². The fourth-order valence-corrected chi connectivity index (χ4v) is 5.34. The van der Waals surface area contributed by atoms with Gasteiger partial charge in [0.25, 0.3) is 0 Å². The predicted molar refractivity (Wildman–Crippen MR) is 137 cm³/mol. The van der Waals surface area contributed by atoms with Gasteiger partial charge in [-0.1, -0.05) is 67.6 Å². The number of hydrogen-bond donors (Lipinski definition) is 0. The Labute approximate surface area is 201 Å². The molecule has 4 heteroatoms. The van der Waals surface area contributed by atoms with E-state index in [2.05, 4.69) is 84.6 Å². The number of rotatable bonds is 10. The molecule has 1 aliphatic rings. The van der Waals surface area contributed by atoms with E-state index in [-0.39, 0.29) is 12.4 Å². The van der Waals surface area contributed by atoms with E-state index in [1.165, 1.54) is 24.0 Å². The molecule has 0 spiro atoms. The normalized spacial score (nSPS) is 19.2. The number of amides is 1. The lowest BCUT2D eigenvalue weighted by molar-refractivity contribution is -0.134. The number of carbonyl (C=O) groups is 1. The summed E-state index contributed by atoms with van der Waals surface area (Å²) in [5.41, 5.74) is 2.81. The molecule has 1 aliphatic carbocycles. The molecule has 1 unspecified atom stereocenters. The van der Waals surface area contributed by atoms with E-state index in [1.54, 1.807) is 0 Å². The molecule has 2 aromatic carbocycles. The molecule has 1 saturated carbocycles. The van der Waals surface area contributed by atoms with E-state index in [9.17, 15) is 4.79 Å². The van der Waals surface area contributed by atoms with E-state index in [0.717, 1.165) is 38.6 Å². The first-order valence-corrected chi connectivity index (χ1v) is 12.1. The quantitative estimate of drug-likeness (QED) is 0.379. The third-order valence-electron chi connectivity index (χ3n) is 6.91. The van der Waals surface area contributed by atoms with Gasteiger partial charge in [0.1, 0.15) is 0 Å². The fraction of sp³-hybridized carbons (Fsp3) is 0.536. The first-order valence-electron chi connectivity index (χ1n) is 12.1. The summed E-state index contributed by atoms with van der Waals surface area (Å²) >= 11 is 0. The Bertz CT molecular complexity index is 773. The molecular weight excluding hydrogens is 416 g/mol. The SMILES string of the molecule is CCC(=O)N(CCCCc1ccccc1)C1CCC(C(c2ccccc2)N(C)C)CC1.Cl. The van der Waals surface area contributed by atoms with E-state index in [0.29, 0.717) is 30.3 Å². The van der Waals surface area contributed by atoms with E-state index in [1.807, 2.05) is 6.92 Å². The smallest absolute Gasteiger partial charge is 0.222 e. The van der Waals surface area contributed by atoms with Crippen molar-refractivity contribution >= 4 is 18.3 Å². The minimum atomic E-state index is 0. The van der Waals surface area contributed by atoms with Crippen LogP contribution in [0, 0.1) is 5.92 Å². The monoisotopic (exact) mass is 456 g/mol. The summed E-state index contributed by atoms with van der Waals surface area (Å²) in [5, 5.41) is 0.